The highest BCUT2D eigenvalue weighted by molar-refractivity contribution is 6.25. The molecule has 41 heavy (non-hydrogen) atoms. The standard InChI is InChI=1S/C30H42N4O7/c1-13-7-8-14(2)34(13)12-16-11-19(32(3)4)17-9-15-10-18-23(33(5)6)26(37)22(29(31)40)28(39)30(18,41)27(38)20(15)25(36)21(17)24(16)35/h11,13-15,18,22-23,26,35-37,41H,7-10,12H2,1-6H3,(H2,31,40)/t13?,14?,15-,18-,22?,23?,26?,30-/m1/s1. The van der Waals surface area contributed by atoms with Crippen LogP contribution < -0.4 is 10.6 Å². The predicted octanol–water partition coefficient (Wildman–Crippen LogP) is 0.568. The van der Waals surface area contributed by atoms with Gasteiger partial charge in [0, 0.05) is 61.5 Å². The molecule has 1 aliphatic heterocycles. The number of carbonyl (C=O) groups is 3. The molecule has 5 rings (SSSR count). The lowest BCUT2D eigenvalue weighted by Gasteiger charge is -2.53. The molecule has 3 fully saturated rings. The first kappa shape index (κ1) is 29.5. The third kappa shape index (κ3) is 4.19. The van der Waals surface area contributed by atoms with E-state index in [-0.39, 0.29) is 29.7 Å². The number of Topliss-reactive ketones (excluding diaryl/α,β-unsaturated/α-hetero) is 2. The average molecular weight is 571 g/mol. The van der Waals surface area contributed by atoms with E-state index in [4.69, 9.17) is 5.73 Å². The van der Waals surface area contributed by atoms with Crippen molar-refractivity contribution >= 4 is 28.9 Å². The molecule has 5 unspecified atom stereocenters. The number of aliphatic hydroxyl groups is 3. The van der Waals surface area contributed by atoms with Crippen LogP contribution in [0.1, 0.15) is 49.8 Å². The van der Waals surface area contributed by atoms with Crippen LogP contribution in [0.5, 0.6) is 5.75 Å². The summed E-state index contributed by atoms with van der Waals surface area (Å²) in [6, 6.07) is 1.65. The van der Waals surface area contributed by atoms with Crippen LogP contribution in [0.25, 0.3) is 5.76 Å². The van der Waals surface area contributed by atoms with Crippen LogP contribution >= 0.6 is 0 Å². The van der Waals surface area contributed by atoms with E-state index in [1.807, 2.05) is 25.1 Å². The number of likely N-dealkylation sites (tertiary alicyclic amines) is 1. The van der Waals surface area contributed by atoms with E-state index in [0.29, 0.717) is 29.8 Å². The summed E-state index contributed by atoms with van der Waals surface area (Å²) in [6.45, 7) is 4.74. The molecule has 2 saturated carbocycles. The Morgan fingerprint density at radius 1 is 1.12 bits per heavy atom. The van der Waals surface area contributed by atoms with Gasteiger partial charge in [-0.2, -0.15) is 0 Å². The van der Waals surface area contributed by atoms with Gasteiger partial charge in [-0.25, -0.2) is 0 Å². The van der Waals surface area contributed by atoms with Gasteiger partial charge < -0.3 is 36.0 Å². The van der Waals surface area contributed by atoms with Crippen molar-refractivity contribution in [2.24, 2.45) is 23.5 Å². The van der Waals surface area contributed by atoms with Crippen molar-refractivity contribution in [3.63, 3.8) is 0 Å². The molecule has 0 aromatic heterocycles. The van der Waals surface area contributed by atoms with Gasteiger partial charge in [0.05, 0.1) is 11.7 Å². The Bertz CT molecular complexity index is 1330. The fourth-order valence-electron chi connectivity index (χ4n) is 7.98. The summed E-state index contributed by atoms with van der Waals surface area (Å²) in [7, 11) is 7.02. The van der Waals surface area contributed by atoms with Crippen molar-refractivity contribution in [3.05, 3.63) is 28.3 Å². The number of rotatable bonds is 5. The Labute approximate surface area is 240 Å². The minimum atomic E-state index is -2.66. The van der Waals surface area contributed by atoms with Crippen LogP contribution in [-0.4, -0.2) is 106 Å². The lowest BCUT2D eigenvalue weighted by molar-refractivity contribution is -0.184. The number of fused-ring (bicyclic) bond motifs is 3. The molecule has 224 valence electrons. The van der Waals surface area contributed by atoms with Gasteiger partial charge in [0.15, 0.2) is 11.4 Å². The number of hydrogen-bond acceptors (Lipinski definition) is 10. The second kappa shape index (κ2) is 10.1. The van der Waals surface area contributed by atoms with Gasteiger partial charge in [0.1, 0.15) is 17.4 Å². The monoisotopic (exact) mass is 570 g/mol. The Balaban J connectivity index is 1.67. The number of likely N-dealkylation sites (N-methyl/N-ethyl adjacent to an activating group) is 1. The first-order valence-electron chi connectivity index (χ1n) is 14.3. The van der Waals surface area contributed by atoms with Crippen molar-refractivity contribution in [2.45, 2.75) is 75.9 Å². The number of amides is 1. The molecule has 8 atom stereocenters. The maximum atomic E-state index is 14.1. The van der Waals surface area contributed by atoms with Crippen LogP contribution in [-0.2, 0) is 27.3 Å². The fraction of sp³-hybridized carbons (Fsp3) is 0.633. The summed E-state index contributed by atoms with van der Waals surface area (Å²) in [6.07, 6.45) is 0.941. The Hall–Kier alpha value is -2.99. The predicted molar refractivity (Wildman–Crippen MR) is 152 cm³/mol. The number of nitrogens with two attached hydrogens (primary N) is 1. The maximum Gasteiger partial charge on any atom is 0.230 e. The van der Waals surface area contributed by atoms with Crippen LogP contribution in [0.15, 0.2) is 11.6 Å². The molecule has 1 aromatic rings. The molecule has 0 spiro atoms. The Morgan fingerprint density at radius 2 is 1.73 bits per heavy atom. The Morgan fingerprint density at radius 3 is 2.27 bits per heavy atom. The second-order valence-corrected chi connectivity index (χ2v) is 12.9. The summed E-state index contributed by atoms with van der Waals surface area (Å²) in [5, 5.41) is 46.1. The quantitative estimate of drug-likeness (QED) is 0.316. The number of phenolic OH excluding ortho intramolecular Hbond substituents is 1. The zero-order valence-electron chi connectivity index (χ0n) is 24.6. The number of carbonyl (C=O) groups excluding carboxylic acids is 3. The molecular formula is C30H42N4O7. The molecule has 1 heterocycles. The van der Waals surface area contributed by atoms with Crippen molar-refractivity contribution in [1.82, 2.24) is 9.80 Å². The number of nitrogens with zero attached hydrogens (tertiary/aromatic N) is 3. The molecular weight excluding hydrogens is 528 g/mol. The van der Waals surface area contributed by atoms with E-state index in [1.165, 1.54) is 0 Å². The molecule has 11 nitrogen and oxygen atoms in total. The molecule has 1 saturated heterocycles. The molecule has 1 amide bonds. The smallest absolute Gasteiger partial charge is 0.230 e. The zero-order chi connectivity index (χ0) is 30.3. The number of ketones is 2. The second-order valence-electron chi connectivity index (χ2n) is 12.9. The number of phenols is 1. The van der Waals surface area contributed by atoms with Crippen LogP contribution in [0.2, 0.25) is 0 Å². The molecule has 0 radical (unpaired) electrons. The highest BCUT2D eigenvalue weighted by Gasteiger charge is 2.67. The van der Waals surface area contributed by atoms with Crippen LogP contribution in [0.4, 0.5) is 5.69 Å². The Kier molecular flexibility index (Phi) is 7.25. The summed E-state index contributed by atoms with van der Waals surface area (Å²) in [4.78, 5) is 45.7. The van der Waals surface area contributed by atoms with Gasteiger partial charge in [0.25, 0.3) is 0 Å². The molecule has 11 heteroatoms. The maximum absolute atomic E-state index is 14.1. The topological polar surface area (TPSA) is 168 Å². The summed E-state index contributed by atoms with van der Waals surface area (Å²) in [5.41, 5.74) is 4.87. The van der Waals surface area contributed by atoms with Crippen LogP contribution in [0.3, 0.4) is 0 Å². The highest BCUT2D eigenvalue weighted by Crippen LogP contribution is 2.54. The average Bonchev–Trinajstić information content (AvgIpc) is 3.19. The van der Waals surface area contributed by atoms with Crippen molar-refractivity contribution in [1.29, 1.82) is 0 Å². The highest BCUT2D eigenvalue weighted by atomic mass is 16.3. The van der Waals surface area contributed by atoms with Gasteiger partial charge in [-0.15, -0.1) is 0 Å². The van der Waals surface area contributed by atoms with Crippen molar-refractivity contribution in [3.8, 4) is 5.75 Å². The van der Waals surface area contributed by atoms with Crippen molar-refractivity contribution < 1.29 is 34.8 Å². The summed E-state index contributed by atoms with van der Waals surface area (Å²) < 4.78 is 0. The molecule has 4 aliphatic rings. The molecule has 1 aromatic carbocycles. The minimum absolute atomic E-state index is 0.0936. The third-order valence-electron chi connectivity index (χ3n) is 10.1. The molecule has 3 aliphatic carbocycles. The minimum Gasteiger partial charge on any atom is -0.507 e. The van der Waals surface area contributed by atoms with E-state index in [0.717, 1.165) is 18.5 Å². The lowest BCUT2D eigenvalue weighted by Crippen LogP contribution is -2.73. The number of aromatic hydroxyl groups is 1. The SMILES string of the molecule is CC1CCC(C)N1Cc1cc(N(C)C)c2c(c1O)C(O)=C1C(=O)[C@@]3(O)C(=O)C(C(N)=O)C(O)C(N(C)C)[C@H]3C[C@H]1C2. The molecule has 6 N–H and O–H groups in total. The first-order valence-corrected chi connectivity index (χ1v) is 14.3. The fourth-order valence-corrected chi connectivity index (χ4v) is 7.98. The first-order chi connectivity index (χ1) is 19.1. The number of benzene rings is 1. The molecule has 0 bridgehead atoms. The lowest BCUT2D eigenvalue weighted by atomic mass is 9.54. The van der Waals surface area contributed by atoms with E-state index in [9.17, 15) is 34.8 Å². The summed E-state index contributed by atoms with van der Waals surface area (Å²) in [5.74, 6) is -7.30. The van der Waals surface area contributed by atoms with Gasteiger partial charge >= 0.3 is 0 Å². The number of hydrogen-bond donors (Lipinski definition) is 5. The third-order valence-corrected chi connectivity index (χ3v) is 10.1. The number of aliphatic hydroxyl groups excluding tert-OH is 2. The van der Waals surface area contributed by atoms with Crippen LogP contribution in [0, 0.1) is 17.8 Å². The van der Waals surface area contributed by atoms with E-state index in [1.54, 1.807) is 19.0 Å². The zero-order valence-corrected chi connectivity index (χ0v) is 24.6. The van der Waals surface area contributed by atoms with Gasteiger partial charge in [-0.05, 0) is 71.2 Å². The van der Waals surface area contributed by atoms with E-state index < -0.39 is 58.7 Å². The number of primary amides is 1. The van der Waals surface area contributed by atoms with Gasteiger partial charge in [0.2, 0.25) is 11.7 Å². The largest absolute Gasteiger partial charge is 0.507 e. The van der Waals surface area contributed by atoms with Gasteiger partial charge in [-0.1, -0.05) is 0 Å². The van der Waals surface area contributed by atoms with Crippen molar-refractivity contribution in [2.75, 3.05) is 33.1 Å². The normalized spacial score (nSPS) is 35.4. The van der Waals surface area contributed by atoms with Gasteiger partial charge in [-0.3, -0.25) is 19.3 Å². The number of anilines is 1. The summed E-state index contributed by atoms with van der Waals surface area (Å²) >= 11 is 0. The van der Waals surface area contributed by atoms with E-state index in [2.05, 4.69) is 18.7 Å². The van der Waals surface area contributed by atoms with E-state index >= 15 is 0 Å².